The van der Waals surface area contributed by atoms with Gasteiger partial charge in [0.1, 0.15) is 0 Å². The summed E-state index contributed by atoms with van der Waals surface area (Å²) < 4.78 is 0. The summed E-state index contributed by atoms with van der Waals surface area (Å²) in [6.45, 7) is 5.65. The van der Waals surface area contributed by atoms with Crippen LogP contribution in [-0.4, -0.2) is 39.9 Å². The van der Waals surface area contributed by atoms with E-state index in [2.05, 4.69) is 22.2 Å². The van der Waals surface area contributed by atoms with Crippen molar-refractivity contribution in [1.29, 1.82) is 0 Å². The first-order valence-electron chi connectivity index (χ1n) is 6.58. The third-order valence-electron chi connectivity index (χ3n) is 3.17. The predicted molar refractivity (Wildman–Crippen MR) is 70.3 cm³/mol. The summed E-state index contributed by atoms with van der Waals surface area (Å²) in [7, 11) is 0. The maximum Gasteiger partial charge on any atom is 0.224 e. The number of anilines is 1. The second kappa shape index (κ2) is 5.80. The van der Waals surface area contributed by atoms with E-state index in [0.29, 0.717) is 12.4 Å². The van der Waals surface area contributed by atoms with Gasteiger partial charge in [0.2, 0.25) is 11.9 Å². The van der Waals surface area contributed by atoms with E-state index in [9.17, 15) is 4.79 Å². The first kappa shape index (κ1) is 12.8. The lowest BCUT2D eigenvalue weighted by Gasteiger charge is -2.14. The Hall–Kier alpha value is -1.65. The summed E-state index contributed by atoms with van der Waals surface area (Å²) in [4.78, 5) is 22.0. The highest BCUT2D eigenvalue weighted by atomic mass is 16.2. The number of carbonyl (C=O) groups excluding carboxylic acids is 1. The number of carbonyl (C=O) groups is 1. The molecule has 1 aromatic heterocycles. The number of nitrogens with one attached hydrogen (secondary N) is 1. The highest BCUT2D eigenvalue weighted by Crippen LogP contribution is 2.14. The summed E-state index contributed by atoms with van der Waals surface area (Å²) in [5, 5.41) is 3.22. The molecule has 98 valence electrons. The van der Waals surface area contributed by atoms with Gasteiger partial charge in [-0.05, 0) is 18.9 Å². The number of hydrogen-bond donors (Lipinski definition) is 1. The summed E-state index contributed by atoms with van der Waals surface area (Å²) in [5.41, 5.74) is 1.15. The average Bonchev–Trinajstić information content (AvgIpc) is 2.72. The van der Waals surface area contributed by atoms with Gasteiger partial charge in [-0.15, -0.1) is 0 Å². The standard InChI is InChI=1S/C13H20N4O/c1-3-5-10-7-14-13(15-8-10)16-11-6-12(18)17(4-2)9-11/h7-8,11H,3-6,9H2,1-2H3,(H,14,15,16). The Labute approximate surface area is 108 Å². The van der Waals surface area contributed by atoms with Gasteiger partial charge in [0.15, 0.2) is 0 Å². The van der Waals surface area contributed by atoms with E-state index < -0.39 is 0 Å². The van der Waals surface area contributed by atoms with E-state index in [0.717, 1.165) is 31.5 Å². The minimum Gasteiger partial charge on any atom is -0.349 e. The fourth-order valence-electron chi connectivity index (χ4n) is 2.20. The van der Waals surface area contributed by atoms with Crippen molar-refractivity contribution in [3.63, 3.8) is 0 Å². The Balaban J connectivity index is 1.92. The van der Waals surface area contributed by atoms with Gasteiger partial charge in [-0.3, -0.25) is 4.79 Å². The molecule has 1 atom stereocenters. The third kappa shape index (κ3) is 2.97. The van der Waals surface area contributed by atoms with Crippen molar-refractivity contribution < 1.29 is 4.79 Å². The predicted octanol–water partition coefficient (Wildman–Crippen LogP) is 1.46. The smallest absolute Gasteiger partial charge is 0.224 e. The van der Waals surface area contributed by atoms with Crippen LogP contribution >= 0.6 is 0 Å². The Kier molecular flexibility index (Phi) is 4.12. The highest BCUT2D eigenvalue weighted by Gasteiger charge is 2.28. The number of amides is 1. The molecule has 1 saturated heterocycles. The molecule has 0 spiro atoms. The maximum absolute atomic E-state index is 11.6. The molecule has 1 aliphatic rings. The van der Waals surface area contributed by atoms with Crippen molar-refractivity contribution in [2.45, 2.75) is 39.2 Å². The first-order chi connectivity index (χ1) is 8.72. The Morgan fingerprint density at radius 2 is 2.11 bits per heavy atom. The second-order valence-electron chi connectivity index (χ2n) is 4.64. The van der Waals surface area contributed by atoms with Crippen LogP contribution in [0.3, 0.4) is 0 Å². The average molecular weight is 248 g/mol. The Bertz CT molecular complexity index is 404. The maximum atomic E-state index is 11.6. The van der Waals surface area contributed by atoms with Gasteiger partial charge in [-0.2, -0.15) is 0 Å². The Morgan fingerprint density at radius 1 is 1.39 bits per heavy atom. The summed E-state index contributed by atoms with van der Waals surface area (Å²) >= 11 is 0. The van der Waals surface area contributed by atoms with Gasteiger partial charge < -0.3 is 10.2 Å². The lowest BCUT2D eigenvalue weighted by atomic mass is 10.2. The van der Waals surface area contributed by atoms with Crippen LogP contribution in [0.15, 0.2) is 12.4 Å². The zero-order chi connectivity index (χ0) is 13.0. The van der Waals surface area contributed by atoms with Crippen molar-refractivity contribution in [2.75, 3.05) is 18.4 Å². The number of rotatable bonds is 5. The second-order valence-corrected chi connectivity index (χ2v) is 4.64. The number of nitrogens with zero attached hydrogens (tertiary/aromatic N) is 3. The van der Waals surface area contributed by atoms with Gasteiger partial charge >= 0.3 is 0 Å². The topological polar surface area (TPSA) is 58.1 Å². The van der Waals surface area contributed by atoms with Gasteiger partial charge in [0.05, 0.1) is 6.04 Å². The van der Waals surface area contributed by atoms with Crippen LogP contribution in [0, 0.1) is 0 Å². The first-order valence-corrected chi connectivity index (χ1v) is 6.58. The molecule has 1 amide bonds. The van der Waals surface area contributed by atoms with Crippen LogP contribution in [0.5, 0.6) is 0 Å². The molecular weight excluding hydrogens is 228 g/mol. The molecule has 1 unspecified atom stereocenters. The molecule has 18 heavy (non-hydrogen) atoms. The molecule has 0 aliphatic carbocycles. The minimum absolute atomic E-state index is 0.134. The molecule has 0 bridgehead atoms. The molecule has 0 saturated carbocycles. The quantitative estimate of drug-likeness (QED) is 0.857. The van der Waals surface area contributed by atoms with Gasteiger partial charge in [-0.1, -0.05) is 13.3 Å². The lowest BCUT2D eigenvalue weighted by Crippen LogP contribution is -2.28. The summed E-state index contributed by atoms with van der Waals surface area (Å²) in [6.07, 6.45) is 6.35. The molecule has 1 fully saturated rings. The number of likely N-dealkylation sites (tertiary alicyclic amines) is 1. The van der Waals surface area contributed by atoms with Crippen LogP contribution < -0.4 is 5.32 Å². The van der Waals surface area contributed by atoms with E-state index in [1.165, 1.54) is 0 Å². The zero-order valence-electron chi connectivity index (χ0n) is 11.0. The van der Waals surface area contributed by atoms with Crippen LogP contribution in [0.4, 0.5) is 5.95 Å². The number of likely N-dealkylation sites (N-methyl/N-ethyl adjacent to an activating group) is 1. The van der Waals surface area contributed by atoms with Crippen molar-refractivity contribution >= 4 is 11.9 Å². The van der Waals surface area contributed by atoms with Gasteiger partial charge in [-0.25, -0.2) is 9.97 Å². The van der Waals surface area contributed by atoms with E-state index >= 15 is 0 Å². The van der Waals surface area contributed by atoms with E-state index in [1.807, 2.05) is 24.2 Å². The highest BCUT2D eigenvalue weighted by molar-refractivity contribution is 5.79. The molecule has 1 aliphatic heterocycles. The lowest BCUT2D eigenvalue weighted by molar-refractivity contribution is -0.127. The minimum atomic E-state index is 0.134. The molecule has 1 aromatic rings. The van der Waals surface area contributed by atoms with E-state index in [4.69, 9.17) is 0 Å². The largest absolute Gasteiger partial charge is 0.349 e. The molecule has 2 heterocycles. The molecular formula is C13H20N4O. The fourth-order valence-corrected chi connectivity index (χ4v) is 2.20. The molecule has 2 rings (SSSR count). The van der Waals surface area contributed by atoms with Crippen LogP contribution in [0.1, 0.15) is 32.3 Å². The number of hydrogen-bond acceptors (Lipinski definition) is 4. The van der Waals surface area contributed by atoms with Gasteiger partial charge in [0, 0.05) is 31.9 Å². The molecule has 5 heteroatoms. The van der Waals surface area contributed by atoms with Crippen molar-refractivity contribution in [3.05, 3.63) is 18.0 Å². The Morgan fingerprint density at radius 3 is 2.67 bits per heavy atom. The normalized spacial score (nSPS) is 19.3. The SMILES string of the molecule is CCCc1cnc(NC2CC(=O)N(CC)C2)nc1. The molecule has 5 nitrogen and oxygen atoms in total. The van der Waals surface area contributed by atoms with E-state index in [-0.39, 0.29) is 11.9 Å². The molecule has 0 aromatic carbocycles. The summed E-state index contributed by atoms with van der Waals surface area (Å²) in [6, 6.07) is 0.134. The van der Waals surface area contributed by atoms with Crippen molar-refractivity contribution in [1.82, 2.24) is 14.9 Å². The third-order valence-corrected chi connectivity index (χ3v) is 3.17. The fraction of sp³-hybridized carbons (Fsp3) is 0.615. The summed E-state index contributed by atoms with van der Waals surface area (Å²) in [5.74, 6) is 0.822. The number of aromatic nitrogens is 2. The van der Waals surface area contributed by atoms with Gasteiger partial charge in [0.25, 0.3) is 0 Å². The van der Waals surface area contributed by atoms with E-state index in [1.54, 1.807) is 0 Å². The van der Waals surface area contributed by atoms with Crippen molar-refractivity contribution in [2.24, 2.45) is 0 Å². The number of aryl methyl sites for hydroxylation is 1. The monoisotopic (exact) mass is 248 g/mol. The molecule has 0 radical (unpaired) electrons. The molecule has 1 N–H and O–H groups in total. The van der Waals surface area contributed by atoms with Crippen LogP contribution in [0.2, 0.25) is 0 Å². The zero-order valence-corrected chi connectivity index (χ0v) is 11.0. The van der Waals surface area contributed by atoms with Crippen LogP contribution in [0.25, 0.3) is 0 Å². The van der Waals surface area contributed by atoms with Crippen LogP contribution in [-0.2, 0) is 11.2 Å². The van der Waals surface area contributed by atoms with Crippen molar-refractivity contribution in [3.8, 4) is 0 Å².